The predicted octanol–water partition coefficient (Wildman–Crippen LogP) is 2.70. The third-order valence-electron chi connectivity index (χ3n) is 7.77. The van der Waals surface area contributed by atoms with Crippen molar-refractivity contribution in [1.82, 2.24) is 0 Å². The van der Waals surface area contributed by atoms with E-state index in [-0.39, 0.29) is 51.5 Å². The van der Waals surface area contributed by atoms with Gasteiger partial charge in [0, 0.05) is 46.9 Å². The van der Waals surface area contributed by atoms with Crippen molar-refractivity contribution in [2.75, 3.05) is 0 Å². The Morgan fingerprint density at radius 1 is 0.558 bits per heavy atom. The highest BCUT2D eigenvalue weighted by Gasteiger charge is 2.46. The van der Waals surface area contributed by atoms with E-state index < -0.39 is 76.3 Å². The van der Waals surface area contributed by atoms with Crippen molar-refractivity contribution < 1.29 is 65.6 Å². The highest BCUT2D eigenvalue weighted by molar-refractivity contribution is 5.66. The number of rotatable bonds is 3. The number of benzene rings is 4. The van der Waals surface area contributed by atoms with E-state index in [2.05, 4.69) is 0 Å². The number of ether oxygens (including phenoxy) is 2. The number of fused-ring (bicyclic) bond motifs is 2. The smallest absolute Gasteiger partial charge is 0.200 e. The second-order valence-corrected chi connectivity index (χ2v) is 10.5. The Kier molecular flexibility index (Phi) is 6.36. The number of phenolic OH excluding ortho intramolecular Hbond substituents is 9. The van der Waals surface area contributed by atoms with Crippen LogP contribution in [0.5, 0.6) is 63.2 Å². The number of hydrogen-bond acceptors (Lipinski definition) is 13. The zero-order valence-electron chi connectivity index (χ0n) is 21.9. The van der Waals surface area contributed by atoms with Crippen LogP contribution in [0.2, 0.25) is 0 Å². The Labute approximate surface area is 242 Å². The molecule has 0 fully saturated rings. The molecule has 11 N–H and O–H groups in total. The van der Waals surface area contributed by atoms with Gasteiger partial charge < -0.3 is 65.6 Å². The van der Waals surface area contributed by atoms with Crippen LogP contribution in [0.4, 0.5) is 0 Å². The van der Waals surface area contributed by atoms with Gasteiger partial charge in [0.15, 0.2) is 41.0 Å². The van der Waals surface area contributed by atoms with E-state index in [1.165, 1.54) is 18.2 Å². The van der Waals surface area contributed by atoms with Gasteiger partial charge in [0.05, 0.1) is 12.0 Å². The quantitative estimate of drug-likeness (QED) is 0.153. The highest BCUT2D eigenvalue weighted by Crippen LogP contribution is 2.57. The molecule has 0 aliphatic carbocycles. The summed E-state index contributed by atoms with van der Waals surface area (Å²) < 4.78 is 12.0. The lowest BCUT2D eigenvalue weighted by atomic mass is 9.77. The van der Waals surface area contributed by atoms with Crippen LogP contribution < -0.4 is 9.47 Å². The van der Waals surface area contributed by atoms with Crippen LogP contribution in [-0.2, 0) is 6.42 Å². The summed E-state index contributed by atoms with van der Waals surface area (Å²) in [6, 6.07) is 8.92. The highest BCUT2D eigenvalue weighted by atomic mass is 16.5. The largest absolute Gasteiger partial charge is 0.508 e. The number of phenols is 9. The minimum Gasteiger partial charge on any atom is -0.508 e. The summed E-state index contributed by atoms with van der Waals surface area (Å²) in [6.45, 7) is 0. The van der Waals surface area contributed by atoms with Crippen molar-refractivity contribution in [1.29, 1.82) is 0 Å². The van der Waals surface area contributed by atoms with Gasteiger partial charge in [0.1, 0.15) is 40.6 Å². The van der Waals surface area contributed by atoms with Crippen molar-refractivity contribution >= 4 is 0 Å². The molecule has 224 valence electrons. The van der Waals surface area contributed by atoms with E-state index in [1.54, 1.807) is 0 Å². The number of aliphatic hydroxyl groups excluding tert-OH is 2. The molecule has 4 aromatic rings. The Morgan fingerprint density at radius 3 is 1.88 bits per heavy atom. The summed E-state index contributed by atoms with van der Waals surface area (Å²) in [6.07, 6.45) is -5.87. The van der Waals surface area contributed by atoms with E-state index in [9.17, 15) is 56.2 Å². The van der Waals surface area contributed by atoms with Gasteiger partial charge in [-0.3, -0.25) is 0 Å². The van der Waals surface area contributed by atoms with E-state index >= 15 is 0 Å². The standard InChI is InChI=1S/C30H26O13/c31-12-6-17(35)23-22(7-12)42-29(10-1-2-14(32)16(34)3-10)27(41)25(23)24-18(36)9-15(33)13-8-21(39)28(43-30(13)24)11-4-19(37)26(40)20(38)5-11/h1-7,9,21,25,27-29,31-41H,8H2/t21-,25-,27+,28+,29+/m0/s1. The summed E-state index contributed by atoms with van der Waals surface area (Å²) >= 11 is 0. The van der Waals surface area contributed by atoms with Crippen LogP contribution in [-0.4, -0.2) is 68.4 Å². The van der Waals surface area contributed by atoms with E-state index in [1.807, 2.05) is 0 Å². The Bertz CT molecular complexity index is 1750. The molecular weight excluding hydrogens is 568 g/mol. The second kappa shape index (κ2) is 9.86. The third-order valence-corrected chi connectivity index (χ3v) is 7.77. The van der Waals surface area contributed by atoms with Gasteiger partial charge in [-0.2, -0.15) is 0 Å². The molecule has 0 amide bonds. The van der Waals surface area contributed by atoms with Crippen LogP contribution >= 0.6 is 0 Å². The molecule has 2 aliphatic heterocycles. The first-order valence-electron chi connectivity index (χ1n) is 12.9. The fraction of sp³-hybridized carbons (Fsp3) is 0.200. The summed E-state index contributed by atoms with van der Waals surface area (Å²) in [4.78, 5) is 0. The van der Waals surface area contributed by atoms with Crippen LogP contribution in [0, 0.1) is 0 Å². The fourth-order valence-electron chi connectivity index (χ4n) is 5.78. The molecule has 2 aliphatic rings. The van der Waals surface area contributed by atoms with E-state index in [0.717, 1.165) is 30.3 Å². The lowest BCUT2D eigenvalue weighted by molar-refractivity contribution is 0.00113. The van der Waals surface area contributed by atoms with Gasteiger partial charge in [-0.05, 0) is 29.8 Å². The molecule has 0 bridgehead atoms. The van der Waals surface area contributed by atoms with Gasteiger partial charge in [-0.15, -0.1) is 0 Å². The van der Waals surface area contributed by atoms with Crippen molar-refractivity contribution in [2.24, 2.45) is 0 Å². The minimum atomic E-state index is -1.64. The molecule has 0 unspecified atom stereocenters. The van der Waals surface area contributed by atoms with Crippen LogP contribution in [0.3, 0.4) is 0 Å². The minimum absolute atomic E-state index is 0.0258. The van der Waals surface area contributed by atoms with Gasteiger partial charge >= 0.3 is 0 Å². The monoisotopic (exact) mass is 594 g/mol. The zero-order valence-corrected chi connectivity index (χ0v) is 21.9. The molecule has 13 heteroatoms. The topological polar surface area (TPSA) is 241 Å². The molecule has 0 radical (unpaired) electrons. The van der Waals surface area contributed by atoms with Crippen molar-refractivity contribution in [3.8, 4) is 63.2 Å². The van der Waals surface area contributed by atoms with Gasteiger partial charge in [0.25, 0.3) is 0 Å². The van der Waals surface area contributed by atoms with Crippen LogP contribution in [0.15, 0.2) is 48.5 Å². The Balaban J connectivity index is 1.56. The number of aromatic hydroxyl groups is 9. The fourth-order valence-corrected chi connectivity index (χ4v) is 5.78. The van der Waals surface area contributed by atoms with Crippen LogP contribution in [0.1, 0.15) is 45.9 Å². The first kappa shape index (κ1) is 27.8. The molecule has 43 heavy (non-hydrogen) atoms. The first-order valence-corrected chi connectivity index (χ1v) is 12.9. The third kappa shape index (κ3) is 4.42. The molecule has 6 rings (SSSR count). The predicted molar refractivity (Wildman–Crippen MR) is 145 cm³/mol. The molecule has 0 saturated carbocycles. The Hall–Kier alpha value is -5.40. The molecule has 0 aromatic heterocycles. The number of hydrogen-bond donors (Lipinski definition) is 11. The number of aliphatic hydroxyl groups is 2. The van der Waals surface area contributed by atoms with Crippen molar-refractivity contribution in [3.63, 3.8) is 0 Å². The maximum Gasteiger partial charge on any atom is 0.200 e. The first-order chi connectivity index (χ1) is 20.3. The zero-order chi connectivity index (χ0) is 30.9. The van der Waals surface area contributed by atoms with Gasteiger partial charge in [0.2, 0.25) is 0 Å². The summed E-state index contributed by atoms with van der Waals surface area (Å²) in [5.74, 6) is -6.77. The average molecular weight is 595 g/mol. The normalized spacial score (nSPS) is 22.6. The van der Waals surface area contributed by atoms with E-state index in [4.69, 9.17) is 9.47 Å². The maximum atomic E-state index is 11.8. The molecule has 0 saturated heterocycles. The lowest BCUT2D eigenvalue weighted by Gasteiger charge is -2.40. The molecule has 0 spiro atoms. The molecule has 2 heterocycles. The van der Waals surface area contributed by atoms with Gasteiger partial charge in [-0.25, -0.2) is 0 Å². The van der Waals surface area contributed by atoms with Crippen LogP contribution in [0.25, 0.3) is 0 Å². The van der Waals surface area contributed by atoms with Crippen molar-refractivity contribution in [3.05, 3.63) is 76.3 Å². The summed E-state index contributed by atoms with van der Waals surface area (Å²) in [7, 11) is 0. The maximum absolute atomic E-state index is 11.8. The molecular formula is C30H26O13. The lowest BCUT2D eigenvalue weighted by Crippen LogP contribution is -2.36. The average Bonchev–Trinajstić information content (AvgIpc) is 2.94. The molecule has 13 nitrogen and oxygen atoms in total. The summed E-state index contributed by atoms with van der Waals surface area (Å²) in [5, 5.41) is 116. The second-order valence-electron chi connectivity index (χ2n) is 10.5. The Morgan fingerprint density at radius 2 is 1.21 bits per heavy atom. The molecule has 4 aromatic carbocycles. The SMILES string of the molecule is Oc1cc(O)c2c(c1)O[C@H](c1ccc(O)c(O)c1)[C@H](O)[C@@H]2c1c(O)cc(O)c2c1O[C@H](c1cc(O)c(O)c(O)c1)[C@@H](O)C2. The van der Waals surface area contributed by atoms with Crippen molar-refractivity contribution in [2.45, 2.75) is 36.8 Å². The van der Waals surface area contributed by atoms with E-state index in [0.29, 0.717) is 0 Å². The molecule has 5 atom stereocenters. The van der Waals surface area contributed by atoms with Gasteiger partial charge in [-0.1, -0.05) is 6.07 Å². The summed E-state index contributed by atoms with van der Waals surface area (Å²) in [5.41, 5.74) is 0.0126.